The fourth-order valence-electron chi connectivity index (χ4n) is 3.25. The van der Waals surface area contributed by atoms with Crippen molar-refractivity contribution >= 4 is 46.6 Å². The van der Waals surface area contributed by atoms with E-state index < -0.39 is 23.6 Å². The van der Waals surface area contributed by atoms with Crippen LogP contribution in [0.1, 0.15) is 25.0 Å². The molecule has 1 fully saturated rings. The van der Waals surface area contributed by atoms with Crippen molar-refractivity contribution in [1.82, 2.24) is 5.32 Å². The second kappa shape index (κ2) is 8.89. The Labute approximate surface area is 183 Å². The van der Waals surface area contributed by atoms with Gasteiger partial charge in [0.1, 0.15) is 5.57 Å². The second-order valence-corrected chi connectivity index (χ2v) is 7.16. The average molecular weight is 447 g/mol. The van der Waals surface area contributed by atoms with Crippen LogP contribution in [-0.2, 0) is 15.8 Å². The number of carbonyl (C=O) groups excluding carboxylic acids is 2. The zero-order valence-corrected chi connectivity index (χ0v) is 17.7. The van der Waals surface area contributed by atoms with Crippen molar-refractivity contribution in [2.45, 2.75) is 20.0 Å². The van der Waals surface area contributed by atoms with Gasteiger partial charge in [0.25, 0.3) is 11.8 Å². The van der Waals surface area contributed by atoms with E-state index in [9.17, 15) is 22.8 Å². The van der Waals surface area contributed by atoms with Gasteiger partial charge in [-0.3, -0.25) is 19.8 Å². The van der Waals surface area contributed by atoms with E-state index in [1.54, 1.807) is 12.1 Å². The molecule has 9 heteroatoms. The predicted molar refractivity (Wildman–Crippen MR) is 118 cm³/mol. The van der Waals surface area contributed by atoms with E-state index in [-0.39, 0.29) is 16.4 Å². The van der Waals surface area contributed by atoms with Crippen LogP contribution in [0.15, 0.2) is 54.1 Å². The number of halogens is 3. The molecular weight excluding hydrogens is 427 g/mol. The van der Waals surface area contributed by atoms with Gasteiger partial charge in [0.15, 0.2) is 5.11 Å². The molecule has 1 aliphatic rings. The van der Waals surface area contributed by atoms with Gasteiger partial charge >= 0.3 is 6.18 Å². The number of nitrogens with zero attached hydrogens (tertiary/aromatic N) is 2. The Morgan fingerprint density at radius 1 is 1.06 bits per heavy atom. The molecule has 0 aromatic heterocycles. The van der Waals surface area contributed by atoms with Crippen LogP contribution in [0.2, 0.25) is 0 Å². The van der Waals surface area contributed by atoms with Crippen LogP contribution in [0.25, 0.3) is 6.08 Å². The molecule has 162 valence electrons. The fourth-order valence-corrected chi connectivity index (χ4v) is 3.53. The molecule has 0 atom stereocenters. The zero-order valence-electron chi connectivity index (χ0n) is 16.9. The topological polar surface area (TPSA) is 52.7 Å². The molecule has 0 bridgehead atoms. The number of alkyl halides is 3. The second-order valence-electron chi connectivity index (χ2n) is 6.77. The lowest BCUT2D eigenvalue weighted by Crippen LogP contribution is -2.54. The molecule has 0 radical (unpaired) electrons. The normalized spacial score (nSPS) is 16.0. The minimum absolute atomic E-state index is 0.0763. The lowest BCUT2D eigenvalue weighted by Gasteiger charge is -2.29. The standard InChI is InChI=1S/C22H20F3N3O2S/c1-3-27(4-2)16-10-8-14(9-11-16)12-18-19(29)26-21(31)28(20(18)30)17-7-5-6-15(13-17)22(23,24)25/h5-13H,3-4H2,1-2H3,(H,26,29,31)/b18-12-. The van der Waals surface area contributed by atoms with Gasteiger partial charge in [-0.25, -0.2) is 0 Å². The Morgan fingerprint density at radius 2 is 1.71 bits per heavy atom. The number of hydrogen-bond acceptors (Lipinski definition) is 4. The third-order valence-corrected chi connectivity index (χ3v) is 5.15. The van der Waals surface area contributed by atoms with Crippen LogP contribution in [0.3, 0.4) is 0 Å². The van der Waals surface area contributed by atoms with Crippen LogP contribution >= 0.6 is 12.2 Å². The van der Waals surface area contributed by atoms with Crippen LogP contribution in [0, 0.1) is 0 Å². The van der Waals surface area contributed by atoms with Gasteiger partial charge < -0.3 is 4.90 Å². The largest absolute Gasteiger partial charge is 0.416 e. The van der Waals surface area contributed by atoms with Gasteiger partial charge in [-0.15, -0.1) is 0 Å². The van der Waals surface area contributed by atoms with Crippen molar-refractivity contribution in [2.24, 2.45) is 0 Å². The van der Waals surface area contributed by atoms with Crippen LogP contribution in [0.4, 0.5) is 24.5 Å². The van der Waals surface area contributed by atoms with E-state index >= 15 is 0 Å². The Bertz CT molecular complexity index is 1040. The SMILES string of the molecule is CCN(CC)c1ccc(/C=C2/C(=O)NC(=S)N(c3cccc(C(F)(F)F)c3)C2=O)cc1. The number of anilines is 2. The van der Waals surface area contributed by atoms with Crippen molar-refractivity contribution in [3.8, 4) is 0 Å². The molecule has 2 amide bonds. The Balaban J connectivity index is 1.95. The monoisotopic (exact) mass is 447 g/mol. The minimum atomic E-state index is -4.58. The summed E-state index contributed by atoms with van der Waals surface area (Å²) in [6.45, 7) is 5.74. The first-order valence-electron chi connectivity index (χ1n) is 9.59. The molecule has 31 heavy (non-hydrogen) atoms. The zero-order chi connectivity index (χ0) is 22.8. The first-order valence-corrected chi connectivity index (χ1v) is 10.00. The Kier molecular flexibility index (Phi) is 6.45. The van der Waals surface area contributed by atoms with Gasteiger partial charge in [0, 0.05) is 18.8 Å². The highest BCUT2D eigenvalue weighted by atomic mass is 32.1. The molecule has 5 nitrogen and oxygen atoms in total. The van der Waals surface area contributed by atoms with Crippen molar-refractivity contribution in [3.63, 3.8) is 0 Å². The number of benzene rings is 2. The summed E-state index contributed by atoms with van der Waals surface area (Å²) in [5.41, 5.74) is 0.383. The summed E-state index contributed by atoms with van der Waals surface area (Å²) < 4.78 is 39.2. The molecule has 0 saturated carbocycles. The van der Waals surface area contributed by atoms with Crippen molar-refractivity contribution in [1.29, 1.82) is 0 Å². The van der Waals surface area contributed by atoms with E-state index in [4.69, 9.17) is 12.2 Å². The number of nitrogens with one attached hydrogen (secondary N) is 1. The summed E-state index contributed by atoms with van der Waals surface area (Å²) in [4.78, 5) is 28.4. The van der Waals surface area contributed by atoms with E-state index in [1.807, 2.05) is 26.0 Å². The number of carbonyl (C=O) groups is 2. The van der Waals surface area contributed by atoms with E-state index in [0.29, 0.717) is 5.56 Å². The quantitative estimate of drug-likeness (QED) is 0.420. The van der Waals surface area contributed by atoms with Gasteiger partial charge in [-0.05, 0) is 68.0 Å². The number of thiocarbonyl (C=S) groups is 1. The van der Waals surface area contributed by atoms with Crippen LogP contribution in [0.5, 0.6) is 0 Å². The molecule has 1 saturated heterocycles. The summed E-state index contributed by atoms with van der Waals surface area (Å²) in [5, 5.41) is 2.10. The number of amides is 2. The van der Waals surface area contributed by atoms with Crippen LogP contribution < -0.4 is 15.1 Å². The predicted octanol–water partition coefficient (Wildman–Crippen LogP) is 4.38. The third-order valence-electron chi connectivity index (χ3n) is 4.87. The molecule has 2 aromatic carbocycles. The van der Waals surface area contributed by atoms with E-state index in [2.05, 4.69) is 10.2 Å². The van der Waals surface area contributed by atoms with Gasteiger partial charge in [0.05, 0.1) is 11.3 Å². The third kappa shape index (κ3) is 4.77. The highest BCUT2D eigenvalue weighted by Crippen LogP contribution is 2.32. The maximum absolute atomic E-state index is 13.1. The maximum Gasteiger partial charge on any atom is 0.416 e. The van der Waals surface area contributed by atoms with Crippen molar-refractivity contribution in [2.75, 3.05) is 22.9 Å². The summed E-state index contributed by atoms with van der Waals surface area (Å²) in [6.07, 6.45) is -3.18. The lowest BCUT2D eigenvalue weighted by molar-refractivity contribution is -0.137. The van der Waals surface area contributed by atoms with Crippen LogP contribution in [-0.4, -0.2) is 30.0 Å². The molecule has 1 heterocycles. The van der Waals surface area contributed by atoms with E-state index in [0.717, 1.165) is 35.8 Å². The molecule has 0 aliphatic carbocycles. The van der Waals surface area contributed by atoms with Gasteiger partial charge in [0.2, 0.25) is 0 Å². The smallest absolute Gasteiger partial charge is 0.372 e. The Hall–Kier alpha value is -3.20. The summed E-state index contributed by atoms with van der Waals surface area (Å²) in [7, 11) is 0. The van der Waals surface area contributed by atoms with Gasteiger partial charge in [-0.2, -0.15) is 13.2 Å². The minimum Gasteiger partial charge on any atom is -0.372 e. The number of hydrogen-bond donors (Lipinski definition) is 1. The van der Waals surface area contributed by atoms with Gasteiger partial charge in [-0.1, -0.05) is 18.2 Å². The number of rotatable bonds is 5. The maximum atomic E-state index is 13.1. The molecule has 0 unspecified atom stereocenters. The summed E-state index contributed by atoms with van der Waals surface area (Å²) >= 11 is 5.05. The molecule has 0 spiro atoms. The summed E-state index contributed by atoms with van der Waals surface area (Å²) in [5.74, 6) is -1.49. The van der Waals surface area contributed by atoms with E-state index in [1.165, 1.54) is 18.2 Å². The highest BCUT2D eigenvalue weighted by Gasteiger charge is 2.36. The van der Waals surface area contributed by atoms with Crippen molar-refractivity contribution < 1.29 is 22.8 Å². The summed E-state index contributed by atoms with van der Waals surface area (Å²) in [6, 6.07) is 11.5. The first kappa shape index (κ1) is 22.5. The highest BCUT2D eigenvalue weighted by molar-refractivity contribution is 7.80. The molecule has 2 aromatic rings. The fraction of sp³-hybridized carbons (Fsp3) is 0.227. The van der Waals surface area contributed by atoms with Crippen molar-refractivity contribution in [3.05, 3.63) is 65.2 Å². The molecule has 1 N–H and O–H groups in total. The lowest BCUT2D eigenvalue weighted by atomic mass is 10.1. The Morgan fingerprint density at radius 3 is 2.29 bits per heavy atom. The average Bonchev–Trinajstić information content (AvgIpc) is 2.72. The molecular formula is C22H20F3N3O2S. The first-order chi connectivity index (χ1) is 14.7. The molecule has 1 aliphatic heterocycles. The molecule has 3 rings (SSSR count).